The van der Waals surface area contributed by atoms with Crippen molar-refractivity contribution in [3.8, 4) is 0 Å². The van der Waals surface area contributed by atoms with Crippen LogP contribution < -0.4 is 0 Å². The number of alkyl halides is 2. The van der Waals surface area contributed by atoms with E-state index in [0.717, 1.165) is 29.3 Å². The second-order valence-corrected chi connectivity index (χ2v) is 14.2. The van der Waals surface area contributed by atoms with Gasteiger partial charge in [0.05, 0.1) is 0 Å². The predicted molar refractivity (Wildman–Crippen MR) is 103 cm³/mol. The first-order valence-electron chi connectivity index (χ1n) is 8.00. The molecule has 0 spiro atoms. The predicted octanol–water partition coefficient (Wildman–Crippen LogP) is 4.06. The summed E-state index contributed by atoms with van der Waals surface area (Å²) < 4.78 is 28.9. The van der Waals surface area contributed by atoms with Crippen LogP contribution in [0.1, 0.15) is 24.8 Å². The molecule has 6 nitrogen and oxygen atoms in total. The normalized spacial score (nSPS) is 26.7. The summed E-state index contributed by atoms with van der Waals surface area (Å²) in [7, 11) is -3.87. The number of nitrogens with zero attached hydrogens (tertiary/aromatic N) is 2. The molecule has 2 aromatic rings. The van der Waals surface area contributed by atoms with Crippen LogP contribution in [-0.4, -0.2) is 20.3 Å². The van der Waals surface area contributed by atoms with Crippen LogP contribution in [0, 0.1) is 10.1 Å². The Morgan fingerprint density at radius 1 is 1.04 bits per heavy atom. The third-order valence-corrected chi connectivity index (χ3v) is 16.2. The molecule has 2 heterocycles. The first kappa shape index (κ1) is 16.9. The van der Waals surface area contributed by atoms with Gasteiger partial charge in [0, 0.05) is 0 Å². The van der Waals surface area contributed by atoms with Gasteiger partial charge >= 0.3 is 154 Å². The molecule has 2 unspecified atom stereocenters. The summed E-state index contributed by atoms with van der Waals surface area (Å²) in [5.74, 6) is 0. The second-order valence-electron chi connectivity index (χ2n) is 6.05. The van der Waals surface area contributed by atoms with E-state index in [1.165, 1.54) is 18.2 Å². The summed E-state index contributed by atoms with van der Waals surface area (Å²) in [6.07, 6.45) is 2.86. The number of hydrogen-bond donors (Lipinski definition) is 0. The molecule has 0 aliphatic carbocycles. The van der Waals surface area contributed by atoms with E-state index in [1.807, 2.05) is 30.3 Å². The third kappa shape index (κ3) is 2.49. The van der Waals surface area contributed by atoms with E-state index < -0.39 is 38.6 Å². The number of benzene rings is 2. The topological polar surface area (TPSA) is 80.3 Å². The van der Waals surface area contributed by atoms with Crippen molar-refractivity contribution in [3.63, 3.8) is 0 Å². The van der Waals surface area contributed by atoms with Gasteiger partial charge in [-0.1, -0.05) is 0 Å². The van der Waals surface area contributed by atoms with Crippen molar-refractivity contribution >= 4 is 35.8 Å². The van der Waals surface area contributed by atoms with Crippen molar-refractivity contribution in [3.05, 3.63) is 70.3 Å². The van der Waals surface area contributed by atoms with Gasteiger partial charge in [0.2, 0.25) is 0 Å². The molecule has 2 saturated heterocycles. The minimum atomic E-state index is -3.87. The van der Waals surface area contributed by atoms with Crippen LogP contribution in [0.4, 0.5) is 5.69 Å². The molecular formula is C17H17IN2O4S. The molecule has 0 N–H and O–H groups in total. The number of fused-ring (bicyclic) bond motifs is 1. The monoisotopic (exact) mass is 472 g/mol. The molecule has 0 radical (unpaired) electrons. The van der Waals surface area contributed by atoms with Gasteiger partial charge in [-0.3, -0.25) is 0 Å². The van der Waals surface area contributed by atoms with Gasteiger partial charge < -0.3 is 0 Å². The first-order chi connectivity index (χ1) is 12.0. The quantitative estimate of drug-likeness (QED) is 0.128. The van der Waals surface area contributed by atoms with Crippen LogP contribution in [0.5, 0.6) is 0 Å². The molecule has 0 saturated carbocycles. The maximum absolute atomic E-state index is 13.3. The van der Waals surface area contributed by atoms with E-state index in [0.29, 0.717) is 0 Å². The summed E-state index contributed by atoms with van der Waals surface area (Å²) in [6, 6.07) is 15.4. The van der Waals surface area contributed by atoms with Gasteiger partial charge in [-0.25, -0.2) is 0 Å². The zero-order valence-electron chi connectivity index (χ0n) is 13.3. The molecule has 2 aromatic carbocycles. The Morgan fingerprint density at radius 3 is 2.44 bits per heavy atom. The zero-order valence-corrected chi connectivity index (χ0v) is 16.3. The molecule has 0 bridgehead atoms. The van der Waals surface area contributed by atoms with Crippen LogP contribution in [0.3, 0.4) is 0 Å². The van der Waals surface area contributed by atoms with Gasteiger partial charge in [0.25, 0.3) is 0 Å². The molecule has 0 aromatic heterocycles. The first-order valence-corrected chi connectivity index (χ1v) is 13.0. The minimum absolute atomic E-state index is 0.179. The summed E-state index contributed by atoms with van der Waals surface area (Å²) >= 11 is -1.94. The van der Waals surface area contributed by atoms with Crippen LogP contribution in [-0.2, 0) is 13.6 Å². The van der Waals surface area contributed by atoms with E-state index in [-0.39, 0.29) is 10.6 Å². The Bertz CT molecular complexity index is 935. The number of nitro benzene ring substituents is 1. The van der Waals surface area contributed by atoms with Gasteiger partial charge in [0.15, 0.2) is 0 Å². The fourth-order valence-electron chi connectivity index (χ4n) is 3.52. The van der Waals surface area contributed by atoms with Crippen molar-refractivity contribution in [1.82, 2.24) is 2.52 Å². The third-order valence-electron chi connectivity index (χ3n) is 4.64. The van der Waals surface area contributed by atoms with Crippen molar-refractivity contribution < 1.29 is 13.3 Å². The second kappa shape index (κ2) is 6.03. The molecular weight excluding hydrogens is 455 g/mol. The van der Waals surface area contributed by atoms with E-state index in [4.69, 9.17) is 0 Å². The summed E-state index contributed by atoms with van der Waals surface area (Å²) in [5, 5.41) is 11.3. The number of nitro groups is 1. The molecule has 132 valence electrons. The number of rotatable bonds is 4. The molecule has 2 aliphatic rings. The number of sulfonamides is 1. The van der Waals surface area contributed by atoms with Crippen LogP contribution in [0.2, 0.25) is 0 Å². The van der Waals surface area contributed by atoms with Crippen molar-refractivity contribution in [2.75, 3.05) is 4.43 Å². The molecule has 25 heavy (non-hydrogen) atoms. The molecule has 2 aliphatic heterocycles. The number of para-hydroxylation sites is 1. The van der Waals surface area contributed by atoms with Crippen LogP contribution >= 0.6 is 20.1 Å². The molecule has 2 fully saturated rings. The number of hydrogen-bond acceptors (Lipinski definition) is 4. The van der Waals surface area contributed by atoms with Crippen LogP contribution in [0.25, 0.3) is 0 Å². The Labute approximate surface area is 153 Å². The SMILES string of the molecule is O=[N+]([O-])c1ccccc1S(=O)(=O)N1I2CCCCC12c1ccccc1. The zero-order chi connectivity index (χ0) is 17.7. The molecule has 0 amide bonds. The Hall–Kier alpha value is -1.52. The summed E-state index contributed by atoms with van der Waals surface area (Å²) in [4.78, 5) is 10.5. The van der Waals surface area contributed by atoms with E-state index in [9.17, 15) is 18.5 Å². The summed E-state index contributed by atoms with van der Waals surface area (Å²) in [6.45, 7) is 0. The Kier molecular flexibility index (Phi) is 4.08. The van der Waals surface area contributed by atoms with E-state index in [1.54, 1.807) is 8.58 Å². The van der Waals surface area contributed by atoms with E-state index in [2.05, 4.69) is 0 Å². The molecule has 8 heteroatoms. The van der Waals surface area contributed by atoms with Gasteiger partial charge in [-0.05, 0) is 0 Å². The van der Waals surface area contributed by atoms with Gasteiger partial charge in [0.1, 0.15) is 0 Å². The standard InChI is InChI=1S/C17H17IN2O4S/c21-19(22)15-10-4-5-11-16(15)25(23,24)20-17(12-6-7-13-18(17)20)14-8-2-1-3-9-14/h1-5,8-11H,6-7,12-13H2. The van der Waals surface area contributed by atoms with Crippen molar-refractivity contribution in [1.29, 1.82) is 0 Å². The fraction of sp³-hybridized carbons (Fsp3) is 0.294. The van der Waals surface area contributed by atoms with Gasteiger partial charge in [-0.2, -0.15) is 0 Å². The van der Waals surface area contributed by atoms with Crippen LogP contribution in [0.15, 0.2) is 59.5 Å². The molecule has 4 rings (SSSR count). The molecule has 2 atom stereocenters. The van der Waals surface area contributed by atoms with Gasteiger partial charge in [-0.15, -0.1) is 0 Å². The van der Waals surface area contributed by atoms with Crippen molar-refractivity contribution in [2.45, 2.75) is 27.7 Å². The average Bonchev–Trinajstić information content (AvgIpc) is 3.34. The van der Waals surface area contributed by atoms with E-state index >= 15 is 0 Å². The maximum atomic E-state index is 13.3. The Morgan fingerprint density at radius 2 is 1.72 bits per heavy atom. The Balaban J connectivity index is 1.83. The average molecular weight is 472 g/mol. The number of halogens is 1. The van der Waals surface area contributed by atoms with Crippen molar-refractivity contribution in [2.24, 2.45) is 0 Å². The fourth-order valence-corrected chi connectivity index (χ4v) is 17.3. The summed E-state index contributed by atoms with van der Waals surface area (Å²) in [5.41, 5.74) is 0.702.